The minimum absolute atomic E-state index is 0.162. The third-order valence-electron chi connectivity index (χ3n) is 6.14. The summed E-state index contributed by atoms with van der Waals surface area (Å²) < 4.78 is 29.8. The average Bonchev–Trinajstić information content (AvgIpc) is 2.83. The van der Waals surface area contributed by atoms with Crippen molar-refractivity contribution in [1.29, 1.82) is 0 Å². The molecule has 1 aliphatic carbocycles. The molecular formula is C24H35N3O5S. The molecular weight excluding hydrogens is 442 g/mol. The monoisotopic (exact) mass is 477 g/mol. The summed E-state index contributed by atoms with van der Waals surface area (Å²) in [6.07, 6.45) is 13.4. The van der Waals surface area contributed by atoms with Gasteiger partial charge in [-0.1, -0.05) is 38.5 Å². The van der Waals surface area contributed by atoms with Crippen molar-refractivity contribution in [3.05, 3.63) is 45.0 Å². The van der Waals surface area contributed by atoms with E-state index in [9.17, 15) is 18.0 Å². The fourth-order valence-corrected chi connectivity index (χ4v) is 5.32. The van der Waals surface area contributed by atoms with E-state index < -0.39 is 20.7 Å². The molecule has 0 unspecified atom stereocenters. The van der Waals surface area contributed by atoms with Gasteiger partial charge in [-0.15, -0.1) is 0 Å². The van der Waals surface area contributed by atoms with Crippen LogP contribution in [0.5, 0.6) is 0 Å². The number of rotatable bonds is 15. The molecule has 1 aromatic heterocycles. The molecule has 182 valence electrons. The Labute approximate surface area is 195 Å². The van der Waals surface area contributed by atoms with E-state index in [1.807, 2.05) is 0 Å². The minimum Gasteiger partial charge on any atom is -0.380 e. The molecule has 0 radical (unpaired) electrons. The van der Waals surface area contributed by atoms with E-state index in [-0.39, 0.29) is 11.7 Å². The molecule has 0 spiro atoms. The topological polar surface area (TPSA) is 114 Å². The molecule has 8 nitrogen and oxygen atoms in total. The van der Waals surface area contributed by atoms with E-state index >= 15 is 0 Å². The molecule has 0 amide bonds. The van der Waals surface area contributed by atoms with E-state index in [0.717, 1.165) is 38.5 Å². The zero-order valence-electron chi connectivity index (χ0n) is 19.2. The maximum absolute atomic E-state index is 12.1. The van der Waals surface area contributed by atoms with E-state index in [0.29, 0.717) is 42.6 Å². The smallest absolute Gasteiger partial charge is 0.253 e. The molecule has 1 aliphatic rings. The van der Waals surface area contributed by atoms with Crippen molar-refractivity contribution in [3.63, 3.8) is 0 Å². The molecule has 2 aromatic rings. The van der Waals surface area contributed by atoms with E-state index in [1.165, 1.54) is 19.3 Å². The van der Waals surface area contributed by atoms with Crippen LogP contribution in [0, 0.1) is 5.92 Å². The van der Waals surface area contributed by atoms with Crippen molar-refractivity contribution < 1.29 is 13.2 Å². The van der Waals surface area contributed by atoms with Crippen LogP contribution in [0.3, 0.4) is 0 Å². The maximum atomic E-state index is 12.1. The largest absolute Gasteiger partial charge is 0.380 e. The van der Waals surface area contributed by atoms with Gasteiger partial charge in [0.15, 0.2) is 9.84 Å². The summed E-state index contributed by atoms with van der Waals surface area (Å²) in [6, 6.07) is 3.45. The summed E-state index contributed by atoms with van der Waals surface area (Å²) in [5.41, 5.74) is 0.313. The number of pyridine rings is 1. The second-order valence-corrected chi connectivity index (χ2v) is 11.0. The molecule has 0 aliphatic heterocycles. The highest BCUT2D eigenvalue weighted by Crippen LogP contribution is 2.24. The molecule has 9 heteroatoms. The molecule has 1 fully saturated rings. The summed E-state index contributed by atoms with van der Waals surface area (Å²) in [6.45, 7) is 1.15. The molecule has 0 saturated heterocycles. The number of nitrogens with one attached hydrogen (secondary N) is 2. The SMILES string of the molecule is O=c1c(NCCCCCCCS(=O)(=O)COCC2CCCCC2)c(Nc2ccncc2)c1=O. The second-order valence-electron chi connectivity index (χ2n) is 8.90. The Kier molecular flexibility index (Phi) is 9.87. The molecule has 2 N–H and O–H groups in total. The maximum Gasteiger partial charge on any atom is 0.253 e. The van der Waals surface area contributed by atoms with Crippen LogP contribution in [0.4, 0.5) is 17.1 Å². The zero-order valence-corrected chi connectivity index (χ0v) is 20.0. The van der Waals surface area contributed by atoms with Crippen molar-refractivity contribution in [1.82, 2.24) is 4.98 Å². The molecule has 0 atom stereocenters. The van der Waals surface area contributed by atoms with Gasteiger partial charge < -0.3 is 15.4 Å². The fraction of sp³-hybridized carbons (Fsp3) is 0.625. The first-order chi connectivity index (χ1) is 16.0. The lowest BCUT2D eigenvalue weighted by atomic mass is 9.90. The van der Waals surface area contributed by atoms with Crippen LogP contribution in [0.15, 0.2) is 34.1 Å². The van der Waals surface area contributed by atoms with Gasteiger partial charge in [-0.2, -0.15) is 0 Å². The first-order valence-corrected chi connectivity index (χ1v) is 13.8. The summed E-state index contributed by atoms with van der Waals surface area (Å²) in [7, 11) is -3.15. The Hall–Kier alpha value is -2.26. The third-order valence-corrected chi connectivity index (χ3v) is 7.57. The van der Waals surface area contributed by atoms with E-state index in [1.54, 1.807) is 24.5 Å². The van der Waals surface area contributed by atoms with Gasteiger partial charge in [0, 0.05) is 24.6 Å². The molecule has 0 bridgehead atoms. The summed E-state index contributed by atoms with van der Waals surface area (Å²) >= 11 is 0. The predicted molar refractivity (Wildman–Crippen MR) is 132 cm³/mol. The zero-order chi connectivity index (χ0) is 23.5. The van der Waals surface area contributed by atoms with Gasteiger partial charge in [0.2, 0.25) is 0 Å². The number of sulfone groups is 1. The lowest BCUT2D eigenvalue weighted by molar-refractivity contribution is 0.116. The standard InChI is InChI=1S/C24H35N3O5S/c28-23-21(22(24(23)29)27-20-11-14-25-15-12-20)26-13-7-2-1-3-8-16-33(30,31)18-32-17-19-9-5-4-6-10-19/h11-12,14-15,19,26H,1-10,13,16-18H2,(H,25,27). The highest BCUT2D eigenvalue weighted by molar-refractivity contribution is 7.91. The Morgan fingerprint density at radius 2 is 1.58 bits per heavy atom. The van der Waals surface area contributed by atoms with Gasteiger partial charge >= 0.3 is 0 Å². The van der Waals surface area contributed by atoms with Crippen LogP contribution in [-0.4, -0.2) is 38.2 Å². The van der Waals surface area contributed by atoms with Gasteiger partial charge in [0.25, 0.3) is 10.9 Å². The van der Waals surface area contributed by atoms with Crippen molar-refractivity contribution in [2.24, 2.45) is 5.92 Å². The van der Waals surface area contributed by atoms with Crippen LogP contribution in [0.2, 0.25) is 0 Å². The molecule has 1 saturated carbocycles. The van der Waals surface area contributed by atoms with Gasteiger partial charge in [-0.3, -0.25) is 14.6 Å². The van der Waals surface area contributed by atoms with Crippen LogP contribution >= 0.6 is 0 Å². The van der Waals surface area contributed by atoms with Gasteiger partial charge in [-0.05, 0) is 43.7 Å². The van der Waals surface area contributed by atoms with Gasteiger partial charge in [-0.25, -0.2) is 8.42 Å². The second kappa shape index (κ2) is 12.8. The number of hydrogen-bond acceptors (Lipinski definition) is 8. The lowest BCUT2D eigenvalue weighted by Gasteiger charge is -2.21. The quantitative estimate of drug-likeness (QED) is 0.294. The van der Waals surface area contributed by atoms with Crippen LogP contribution in [-0.2, 0) is 14.6 Å². The van der Waals surface area contributed by atoms with Gasteiger partial charge in [0.05, 0.1) is 12.4 Å². The number of hydrogen-bond donors (Lipinski definition) is 2. The highest BCUT2D eigenvalue weighted by Gasteiger charge is 2.20. The Bertz CT molecular complexity index is 1030. The Balaban J connectivity index is 1.24. The van der Waals surface area contributed by atoms with Crippen LogP contribution in [0.1, 0.15) is 64.2 Å². The molecule has 3 rings (SSSR count). The third kappa shape index (κ3) is 8.23. The minimum atomic E-state index is -3.15. The lowest BCUT2D eigenvalue weighted by Crippen LogP contribution is -2.36. The number of unbranched alkanes of at least 4 members (excludes halogenated alkanes) is 4. The normalized spacial score (nSPS) is 15.0. The molecule has 1 heterocycles. The summed E-state index contributed by atoms with van der Waals surface area (Å²) in [4.78, 5) is 27.6. The van der Waals surface area contributed by atoms with Crippen molar-refractivity contribution in [2.45, 2.75) is 64.2 Å². The fourth-order valence-electron chi connectivity index (χ4n) is 4.20. The summed E-state index contributed by atoms with van der Waals surface area (Å²) in [5.74, 6) is 0.531. The average molecular weight is 478 g/mol. The Morgan fingerprint density at radius 3 is 2.33 bits per heavy atom. The van der Waals surface area contributed by atoms with Crippen molar-refractivity contribution in [2.75, 3.05) is 35.5 Å². The predicted octanol–water partition coefficient (Wildman–Crippen LogP) is 3.75. The number of aromatic nitrogens is 1. The number of anilines is 3. The Morgan fingerprint density at radius 1 is 0.909 bits per heavy atom. The van der Waals surface area contributed by atoms with Gasteiger partial charge in [0.1, 0.15) is 17.3 Å². The number of ether oxygens (including phenoxy) is 1. The van der Waals surface area contributed by atoms with Crippen molar-refractivity contribution in [3.8, 4) is 0 Å². The highest BCUT2D eigenvalue weighted by atomic mass is 32.2. The van der Waals surface area contributed by atoms with E-state index in [2.05, 4.69) is 15.6 Å². The van der Waals surface area contributed by atoms with Crippen LogP contribution in [0.25, 0.3) is 0 Å². The first-order valence-electron chi connectivity index (χ1n) is 12.0. The molecule has 33 heavy (non-hydrogen) atoms. The van der Waals surface area contributed by atoms with Crippen molar-refractivity contribution >= 4 is 26.9 Å². The van der Waals surface area contributed by atoms with E-state index in [4.69, 9.17) is 4.74 Å². The molecule has 1 aromatic carbocycles. The van der Waals surface area contributed by atoms with Crippen LogP contribution < -0.4 is 21.5 Å². The number of nitrogens with zero attached hydrogens (tertiary/aromatic N) is 1. The summed E-state index contributed by atoms with van der Waals surface area (Å²) in [5, 5.41) is 6.02. The first kappa shape index (κ1) is 25.4.